The summed E-state index contributed by atoms with van der Waals surface area (Å²) in [7, 11) is 0. The minimum Gasteiger partial charge on any atom is -0.298 e. The van der Waals surface area contributed by atoms with Gasteiger partial charge in [0, 0.05) is 5.54 Å². The van der Waals surface area contributed by atoms with Crippen LogP contribution in [0.2, 0.25) is 0 Å². The van der Waals surface area contributed by atoms with E-state index in [-0.39, 0.29) is 0 Å². The zero-order valence-corrected chi connectivity index (χ0v) is 13.8. The Morgan fingerprint density at radius 2 is 1.26 bits per heavy atom. The monoisotopic (exact) mass is 267 g/mol. The highest BCUT2D eigenvalue weighted by Crippen LogP contribution is 2.33. The minimum atomic E-state index is 0.542. The summed E-state index contributed by atoms with van der Waals surface area (Å²) in [5, 5.41) is 0. The first-order valence-electron chi connectivity index (χ1n) is 9.04. The van der Waals surface area contributed by atoms with Crippen molar-refractivity contribution in [3.63, 3.8) is 0 Å². The van der Waals surface area contributed by atoms with Crippen molar-refractivity contribution < 1.29 is 0 Å². The topological polar surface area (TPSA) is 3.24 Å². The summed E-state index contributed by atoms with van der Waals surface area (Å²) in [6.45, 7) is 9.83. The van der Waals surface area contributed by atoms with E-state index in [2.05, 4.69) is 25.7 Å². The van der Waals surface area contributed by atoms with Gasteiger partial charge in [0.25, 0.3) is 0 Å². The van der Waals surface area contributed by atoms with E-state index in [1.54, 1.807) is 0 Å². The number of hydrogen-bond acceptors (Lipinski definition) is 1. The molecule has 0 radical (unpaired) electrons. The summed E-state index contributed by atoms with van der Waals surface area (Å²) in [4.78, 5) is 2.81. The lowest BCUT2D eigenvalue weighted by Gasteiger charge is -2.41. The molecule has 1 aliphatic heterocycles. The summed E-state index contributed by atoms with van der Waals surface area (Å²) < 4.78 is 0. The van der Waals surface area contributed by atoms with Crippen LogP contribution in [0.4, 0.5) is 0 Å². The molecule has 0 atom stereocenters. The molecule has 1 rings (SSSR count). The second-order valence-corrected chi connectivity index (χ2v) is 6.50. The van der Waals surface area contributed by atoms with Crippen molar-refractivity contribution in [2.45, 2.75) is 103 Å². The zero-order valence-electron chi connectivity index (χ0n) is 13.8. The van der Waals surface area contributed by atoms with Crippen LogP contribution in [0.25, 0.3) is 0 Å². The molecule has 1 heteroatoms. The van der Waals surface area contributed by atoms with E-state index >= 15 is 0 Å². The molecule has 1 fully saturated rings. The van der Waals surface area contributed by atoms with Crippen LogP contribution in [0, 0.1) is 0 Å². The van der Waals surface area contributed by atoms with Crippen LogP contribution >= 0.6 is 0 Å². The van der Waals surface area contributed by atoms with E-state index in [9.17, 15) is 0 Å². The highest BCUT2D eigenvalue weighted by atomic mass is 15.2. The molecular formula is C18H37N. The van der Waals surface area contributed by atoms with Crippen LogP contribution in [-0.2, 0) is 0 Å². The molecular weight excluding hydrogens is 230 g/mol. The van der Waals surface area contributed by atoms with Crippen LogP contribution in [0.1, 0.15) is 97.8 Å². The molecule has 0 spiro atoms. The second-order valence-electron chi connectivity index (χ2n) is 6.50. The molecule has 0 aromatic heterocycles. The first kappa shape index (κ1) is 17.0. The molecule has 0 amide bonds. The second kappa shape index (κ2) is 9.80. The van der Waals surface area contributed by atoms with Gasteiger partial charge in [0.15, 0.2) is 0 Å². The molecule has 0 N–H and O–H groups in total. The molecule has 0 aromatic rings. The fourth-order valence-corrected chi connectivity index (χ4v) is 3.81. The Kier molecular flexibility index (Phi) is 8.77. The first-order chi connectivity index (χ1) is 9.29. The van der Waals surface area contributed by atoms with Crippen LogP contribution in [0.15, 0.2) is 0 Å². The molecule has 1 saturated heterocycles. The number of unbranched alkanes of at least 4 members (excludes halogenated alkanes) is 6. The van der Waals surface area contributed by atoms with Gasteiger partial charge in [0.2, 0.25) is 0 Å². The van der Waals surface area contributed by atoms with Crippen molar-refractivity contribution in [1.82, 2.24) is 4.90 Å². The van der Waals surface area contributed by atoms with E-state index in [4.69, 9.17) is 0 Å². The van der Waals surface area contributed by atoms with Crippen LogP contribution in [-0.4, -0.2) is 23.5 Å². The van der Waals surface area contributed by atoms with Crippen molar-refractivity contribution in [3.05, 3.63) is 0 Å². The van der Waals surface area contributed by atoms with Gasteiger partial charge in [-0.05, 0) is 45.2 Å². The number of likely N-dealkylation sites (tertiary alicyclic amines) is 1. The van der Waals surface area contributed by atoms with Crippen LogP contribution < -0.4 is 0 Å². The quantitative estimate of drug-likeness (QED) is 0.429. The Hall–Kier alpha value is -0.0400. The molecule has 0 unspecified atom stereocenters. The molecule has 0 aliphatic carbocycles. The number of hydrogen-bond donors (Lipinski definition) is 0. The van der Waals surface area contributed by atoms with Gasteiger partial charge in [0.1, 0.15) is 0 Å². The fraction of sp³-hybridized carbons (Fsp3) is 1.00. The molecule has 0 aromatic carbocycles. The Bertz CT molecular complexity index is 202. The van der Waals surface area contributed by atoms with Gasteiger partial charge in [-0.25, -0.2) is 0 Å². The summed E-state index contributed by atoms with van der Waals surface area (Å²) in [5.74, 6) is 0. The van der Waals surface area contributed by atoms with E-state index in [0.29, 0.717) is 5.54 Å². The highest BCUT2D eigenvalue weighted by molar-refractivity contribution is 4.90. The number of nitrogens with zero attached hydrogens (tertiary/aromatic N) is 1. The smallest absolute Gasteiger partial charge is 0.0204 e. The lowest BCUT2D eigenvalue weighted by atomic mass is 9.85. The lowest BCUT2D eigenvalue weighted by Crippen LogP contribution is -2.46. The van der Waals surface area contributed by atoms with E-state index in [0.717, 1.165) is 0 Å². The predicted octanol–water partition coefficient (Wildman–Crippen LogP) is 5.78. The summed E-state index contributed by atoms with van der Waals surface area (Å²) in [5.41, 5.74) is 0.542. The van der Waals surface area contributed by atoms with Crippen LogP contribution in [0.3, 0.4) is 0 Å². The average molecular weight is 268 g/mol. The van der Waals surface area contributed by atoms with Crippen LogP contribution in [0.5, 0.6) is 0 Å². The maximum absolute atomic E-state index is 2.81. The van der Waals surface area contributed by atoms with E-state index < -0.39 is 0 Å². The zero-order chi connectivity index (χ0) is 14.0. The van der Waals surface area contributed by atoms with Crippen molar-refractivity contribution >= 4 is 0 Å². The highest BCUT2D eigenvalue weighted by Gasteiger charge is 2.33. The molecule has 1 nitrogen and oxygen atoms in total. The molecule has 114 valence electrons. The van der Waals surface area contributed by atoms with E-state index in [1.165, 1.54) is 90.1 Å². The predicted molar refractivity (Wildman–Crippen MR) is 86.7 cm³/mol. The largest absolute Gasteiger partial charge is 0.298 e. The standard InChI is InChI=1S/C18H37N/c1-4-7-8-9-10-11-12-15-18(5-2,6-3)19-16-13-14-17-19/h4-17H2,1-3H3. The third kappa shape index (κ3) is 5.45. The van der Waals surface area contributed by atoms with Gasteiger partial charge in [-0.15, -0.1) is 0 Å². The molecule has 1 heterocycles. The van der Waals surface area contributed by atoms with Gasteiger partial charge in [-0.3, -0.25) is 4.90 Å². The Labute approximate surface area is 122 Å². The van der Waals surface area contributed by atoms with Crippen molar-refractivity contribution in [1.29, 1.82) is 0 Å². The lowest BCUT2D eigenvalue weighted by molar-refractivity contribution is 0.0924. The van der Waals surface area contributed by atoms with E-state index in [1.807, 2.05) is 0 Å². The third-order valence-electron chi connectivity index (χ3n) is 5.34. The van der Waals surface area contributed by atoms with Crippen molar-refractivity contribution in [3.8, 4) is 0 Å². The van der Waals surface area contributed by atoms with Gasteiger partial charge < -0.3 is 0 Å². The Balaban J connectivity index is 2.22. The van der Waals surface area contributed by atoms with Gasteiger partial charge in [-0.1, -0.05) is 65.7 Å². The first-order valence-corrected chi connectivity index (χ1v) is 9.04. The SMILES string of the molecule is CCCCCCCCCC(CC)(CC)N1CCCC1. The van der Waals surface area contributed by atoms with Gasteiger partial charge in [0.05, 0.1) is 0 Å². The Morgan fingerprint density at radius 3 is 1.79 bits per heavy atom. The molecule has 0 bridgehead atoms. The third-order valence-corrected chi connectivity index (χ3v) is 5.34. The van der Waals surface area contributed by atoms with Crippen molar-refractivity contribution in [2.75, 3.05) is 13.1 Å². The number of rotatable bonds is 11. The maximum Gasteiger partial charge on any atom is 0.0204 e. The average Bonchev–Trinajstić information content (AvgIpc) is 2.97. The van der Waals surface area contributed by atoms with Gasteiger partial charge >= 0.3 is 0 Å². The minimum absolute atomic E-state index is 0.542. The summed E-state index contributed by atoms with van der Waals surface area (Å²) >= 11 is 0. The maximum atomic E-state index is 2.81. The fourth-order valence-electron chi connectivity index (χ4n) is 3.81. The van der Waals surface area contributed by atoms with Gasteiger partial charge in [-0.2, -0.15) is 0 Å². The molecule has 0 saturated carbocycles. The molecule has 19 heavy (non-hydrogen) atoms. The summed E-state index contributed by atoms with van der Waals surface area (Å²) in [6.07, 6.45) is 17.1. The molecule has 1 aliphatic rings. The van der Waals surface area contributed by atoms with Crippen molar-refractivity contribution in [2.24, 2.45) is 0 Å². The normalized spacial score (nSPS) is 17.2. The summed E-state index contributed by atoms with van der Waals surface area (Å²) in [6, 6.07) is 0. The Morgan fingerprint density at radius 1 is 0.737 bits per heavy atom.